The molecule has 1 fully saturated rings. The molecule has 18 heavy (non-hydrogen) atoms. The Morgan fingerprint density at radius 3 is 2.89 bits per heavy atom. The smallest absolute Gasteiger partial charge is 0.244 e. The Labute approximate surface area is 106 Å². The molecule has 2 N–H and O–H groups in total. The minimum absolute atomic E-state index is 0.0381. The van der Waals surface area contributed by atoms with Crippen LogP contribution in [-0.4, -0.2) is 37.5 Å². The van der Waals surface area contributed by atoms with E-state index in [1.54, 1.807) is 31.1 Å². The largest absolute Gasteiger partial charge is 0.395 e. The van der Waals surface area contributed by atoms with Gasteiger partial charge in [-0.15, -0.1) is 0 Å². The van der Waals surface area contributed by atoms with Crippen LogP contribution in [0, 0.1) is 5.82 Å². The molecule has 1 aliphatic heterocycles. The number of rotatable bonds is 2. The minimum Gasteiger partial charge on any atom is -0.395 e. The second kappa shape index (κ2) is 4.84. The molecular weight excluding hydrogens is 233 g/mol. The predicted molar refractivity (Wildman–Crippen MR) is 69.9 cm³/mol. The standard InChI is InChI=1S/C13H18FN3O/c1-16(2)13(18)11-7-4-8-17(11)10-6-3-5-9(14)12(10)15/h3,5-6,11H,4,7-8,15H2,1-2H3. The molecule has 0 spiro atoms. The lowest BCUT2D eigenvalue weighted by molar-refractivity contribution is -0.129. The van der Waals surface area contributed by atoms with Crippen LogP contribution in [0.1, 0.15) is 12.8 Å². The topological polar surface area (TPSA) is 49.6 Å². The molecule has 4 nitrogen and oxygen atoms in total. The first-order chi connectivity index (χ1) is 8.52. The number of hydrogen-bond donors (Lipinski definition) is 1. The summed E-state index contributed by atoms with van der Waals surface area (Å²) in [4.78, 5) is 15.5. The molecule has 98 valence electrons. The van der Waals surface area contributed by atoms with Crippen molar-refractivity contribution in [3.63, 3.8) is 0 Å². The Kier molecular flexibility index (Phi) is 3.41. The molecule has 1 aromatic rings. The second-order valence-electron chi connectivity index (χ2n) is 4.76. The van der Waals surface area contributed by atoms with Gasteiger partial charge in [0.2, 0.25) is 5.91 Å². The van der Waals surface area contributed by atoms with Gasteiger partial charge in [-0.25, -0.2) is 4.39 Å². The van der Waals surface area contributed by atoms with Crippen molar-refractivity contribution < 1.29 is 9.18 Å². The first kappa shape index (κ1) is 12.7. The number of halogens is 1. The molecule has 1 heterocycles. The number of para-hydroxylation sites is 1. The molecule has 0 saturated carbocycles. The molecule has 2 rings (SSSR count). The van der Waals surface area contributed by atoms with Crippen LogP contribution in [0.2, 0.25) is 0 Å². The van der Waals surface area contributed by atoms with Gasteiger partial charge in [0.1, 0.15) is 11.9 Å². The Balaban J connectivity index is 2.32. The number of nitrogens with two attached hydrogens (primary N) is 1. The molecule has 5 heteroatoms. The van der Waals surface area contributed by atoms with E-state index in [1.807, 2.05) is 4.90 Å². The Hall–Kier alpha value is -1.78. The summed E-state index contributed by atoms with van der Waals surface area (Å²) < 4.78 is 13.5. The first-order valence-corrected chi connectivity index (χ1v) is 6.04. The van der Waals surface area contributed by atoms with Crippen LogP contribution in [0.15, 0.2) is 18.2 Å². The Bertz CT molecular complexity index is 462. The third kappa shape index (κ3) is 2.12. The van der Waals surface area contributed by atoms with Gasteiger partial charge in [-0.2, -0.15) is 0 Å². The van der Waals surface area contributed by atoms with E-state index in [-0.39, 0.29) is 17.6 Å². The van der Waals surface area contributed by atoms with Gasteiger partial charge < -0.3 is 15.5 Å². The lowest BCUT2D eigenvalue weighted by Crippen LogP contribution is -2.43. The van der Waals surface area contributed by atoms with Gasteiger partial charge >= 0.3 is 0 Å². The molecule has 1 atom stereocenters. The van der Waals surface area contributed by atoms with Crippen LogP contribution in [0.3, 0.4) is 0 Å². The zero-order valence-corrected chi connectivity index (χ0v) is 10.7. The third-order valence-corrected chi connectivity index (χ3v) is 3.32. The maximum absolute atomic E-state index is 13.5. The lowest BCUT2D eigenvalue weighted by atomic mass is 10.1. The maximum atomic E-state index is 13.5. The van der Waals surface area contributed by atoms with Crippen molar-refractivity contribution in [3.8, 4) is 0 Å². The monoisotopic (exact) mass is 251 g/mol. The molecular formula is C13H18FN3O. The van der Waals surface area contributed by atoms with Gasteiger partial charge in [-0.3, -0.25) is 4.79 Å². The summed E-state index contributed by atoms with van der Waals surface area (Å²) in [6.45, 7) is 0.734. The highest BCUT2D eigenvalue weighted by Crippen LogP contribution is 2.32. The van der Waals surface area contributed by atoms with Crippen LogP contribution in [0.5, 0.6) is 0 Å². The highest BCUT2D eigenvalue weighted by atomic mass is 19.1. The van der Waals surface area contributed by atoms with Crippen molar-refractivity contribution in [1.29, 1.82) is 0 Å². The number of hydrogen-bond acceptors (Lipinski definition) is 3. The summed E-state index contributed by atoms with van der Waals surface area (Å²) in [5.74, 6) is -0.397. The molecule has 0 aromatic heterocycles. The van der Waals surface area contributed by atoms with Crippen molar-refractivity contribution in [2.75, 3.05) is 31.3 Å². The van der Waals surface area contributed by atoms with Crippen molar-refractivity contribution in [2.45, 2.75) is 18.9 Å². The Morgan fingerprint density at radius 1 is 1.50 bits per heavy atom. The van der Waals surface area contributed by atoms with E-state index < -0.39 is 5.82 Å². The number of carbonyl (C=O) groups is 1. The molecule has 1 unspecified atom stereocenters. The summed E-state index contributed by atoms with van der Waals surface area (Å²) in [7, 11) is 3.46. The fourth-order valence-corrected chi connectivity index (χ4v) is 2.39. The zero-order valence-electron chi connectivity index (χ0n) is 10.7. The minimum atomic E-state index is -0.435. The van der Waals surface area contributed by atoms with E-state index in [0.717, 1.165) is 19.4 Å². The van der Waals surface area contributed by atoms with Gasteiger partial charge in [0, 0.05) is 20.6 Å². The van der Waals surface area contributed by atoms with Crippen LogP contribution < -0.4 is 10.6 Å². The molecule has 0 aliphatic carbocycles. The van der Waals surface area contributed by atoms with Crippen LogP contribution in [0.25, 0.3) is 0 Å². The van der Waals surface area contributed by atoms with Crippen LogP contribution in [-0.2, 0) is 4.79 Å². The average molecular weight is 251 g/mol. The number of nitrogen functional groups attached to an aromatic ring is 1. The summed E-state index contributed by atoms with van der Waals surface area (Å²) >= 11 is 0. The van der Waals surface area contributed by atoms with Gasteiger partial charge in [0.25, 0.3) is 0 Å². The van der Waals surface area contributed by atoms with E-state index in [4.69, 9.17) is 5.73 Å². The molecule has 0 radical (unpaired) electrons. The summed E-state index contributed by atoms with van der Waals surface area (Å²) in [5.41, 5.74) is 6.50. The third-order valence-electron chi connectivity index (χ3n) is 3.32. The number of nitrogens with zero attached hydrogens (tertiary/aromatic N) is 2. The molecule has 1 saturated heterocycles. The predicted octanol–water partition coefficient (Wildman–Crippen LogP) is 1.46. The van der Waals surface area contributed by atoms with Crippen LogP contribution >= 0.6 is 0 Å². The highest BCUT2D eigenvalue weighted by molar-refractivity contribution is 5.87. The highest BCUT2D eigenvalue weighted by Gasteiger charge is 2.33. The van der Waals surface area contributed by atoms with E-state index in [9.17, 15) is 9.18 Å². The number of amides is 1. The Morgan fingerprint density at radius 2 is 2.22 bits per heavy atom. The van der Waals surface area contributed by atoms with E-state index in [2.05, 4.69) is 0 Å². The SMILES string of the molecule is CN(C)C(=O)C1CCCN1c1cccc(F)c1N. The first-order valence-electron chi connectivity index (χ1n) is 6.04. The van der Waals surface area contributed by atoms with Gasteiger partial charge in [0.05, 0.1) is 11.4 Å². The molecule has 1 aliphatic rings. The second-order valence-corrected chi connectivity index (χ2v) is 4.76. The number of carbonyl (C=O) groups excluding carboxylic acids is 1. The van der Waals surface area contributed by atoms with Crippen molar-refractivity contribution in [2.24, 2.45) is 0 Å². The number of anilines is 2. The fraction of sp³-hybridized carbons (Fsp3) is 0.462. The van der Waals surface area contributed by atoms with E-state index in [0.29, 0.717) is 5.69 Å². The normalized spacial score (nSPS) is 19.1. The van der Waals surface area contributed by atoms with E-state index in [1.165, 1.54) is 6.07 Å². The zero-order chi connectivity index (χ0) is 13.3. The summed E-state index contributed by atoms with van der Waals surface area (Å²) in [6, 6.07) is 4.48. The van der Waals surface area contributed by atoms with E-state index >= 15 is 0 Å². The van der Waals surface area contributed by atoms with Crippen molar-refractivity contribution in [1.82, 2.24) is 4.90 Å². The number of likely N-dealkylation sites (N-methyl/N-ethyl adjacent to an activating group) is 1. The summed E-state index contributed by atoms with van der Waals surface area (Å²) in [6.07, 6.45) is 1.70. The van der Waals surface area contributed by atoms with Gasteiger partial charge in [-0.1, -0.05) is 6.07 Å². The van der Waals surface area contributed by atoms with Gasteiger partial charge in [0.15, 0.2) is 0 Å². The molecule has 0 bridgehead atoms. The van der Waals surface area contributed by atoms with Crippen molar-refractivity contribution in [3.05, 3.63) is 24.0 Å². The molecule has 1 amide bonds. The van der Waals surface area contributed by atoms with Gasteiger partial charge in [-0.05, 0) is 25.0 Å². The lowest BCUT2D eigenvalue weighted by Gasteiger charge is -2.29. The quantitative estimate of drug-likeness (QED) is 0.810. The molecule has 1 aromatic carbocycles. The van der Waals surface area contributed by atoms with Crippen LogP contribution in [0.4, 0.5) is 15.8 Å². The fourth-order valence-electron chi connectivity index (χ4n) is 2.39. The summed E-state index contributed by atoms with van der Waals surface area (Å²) in [5, 5.41) is 0. The van der Waals surface area contributed by atoms with Crippen molar-refractivity contribution >= 4 is 17.3 Å². The maximum Gasteiger partial charge on any atom is 0.244 e. The average Bonchev–Trinajstić information content (AvgIpc) is 2.80. The number of benzene rings is 1.